The molecule has 1 aromatic rings. The molecule has 0 atom stereocenters. The number of amides is 1. The highest BCUT2D eigenvalue weighted by Gasteiger charge is 2.37. The molecule has 4 nitrogen and oxygen atoms in total. The first-order valence-electron chi connectivity index (χ1n) is 5.27. The SMILES string of the molecule is CC1(C)CCOC(=O)N1c1cccc(O)c1. The molecular formula is C12H15NO3. The third-order valence-electron chi connectivity index (χ3n) is 2.82. The largest absolute Gasteiger partial charge is 0.508 e. The number of hydrogen-bond acceptors (Lipinski definition) is 3. The Labute approximate surface area is 94.4 Å². The molecule has 16 heavy (non-hydrogen) atoms. The minimum Gasteiger partial charge on any atom is -0.508 e. The van der Waals surface area contributed by atoms with Crippen LogP contribution < -0.4 is 4.90 Å². The first-order chi connectivity index (χ1) is 7.50. The van der Waals surface area contributed by atoms with Gasteiger partial charge in [0.2, 0.25) is 0 Å². The topological polar surface area (TPSA) is 49.8 Å². The van der Waals surface area contributed by atoms with E-state index in [9.17, 15) is 9.90 Å². The Bertz CT molecular complexity index is 414. The number of rotatable bonds is 1. The number of carbonyl (C=O) groups excluding carboxylic acids is 1. The van der Waals surface area contributed by atoms with Gasteiger partial charge in [-0.2, -0.15) is 0 Å². The number of cyclic esters (lactones) is 1. The van der Waals surface area contributed by atoms with Gasteiger partial charge in [0.1, 0.15) is 5.75 Å². The van der Waals surface area contributed by atoms with Gasteiger partial charge in [-0.1, -0.05) is 6.07 Å². The molecule has 1 fully saturated rings. The molecule has 2 rings (SSSR count). The normalized spacial score (nSPS) is 19.4. The lowest BCUT2D eigenvalue weighted by Gasteiger charge is -2.41. The number of nitrogens with zero attached hydrogens (tertiary/aromatic N) is 1. The van der Waals surface area contributed by atoms with Crippen molar-refractivity contribution in [1.82, 2.24) is 0 Å². The molecule has 86 valence electrons. The summed E-state index contributed by atoms with van der Waals surface area (Å²) in [6, 6.07) is 6.64. The van der Waals surface area contributed by atoms with Gasteiger partial charge in [-0.25, -0.2) is 4.79 Å². The van der Waals surface area contributed by atoms with Crippen LogP contribution in [0.15, 0.2) is 24.3 Å². The van der Waals surface area contributed by atoms with Crippen molar-refractivity contribution in [1.29, 1.82) is 0 Å². The fourth-order valence-corrected chi connectivity index (χ4v) is 1.90. The molecule has 0 bridgehead atoms. The van der Waals surface area contributed by atoms with Crippen LogP contribution in [-0.4, -0.2) is 23.3 Å². The summed E-state index contributed by atoms with van der Waals surface area (Å²) in [6.07, 6.45) is 0.413. The van der Waals surface area contributed by atoms with Gasteiger partial charge in [-0.15, -0.1) is 0 Å². The lowest BCUT2D eigenvalue weighted by atomic mass is 9.97. The summed E-state index contributed by atoms with van der Waals surface area (Å²) in [6.45, 7) is 4.41. The molecule has 1 N–H and O–H groups in total. The van der Waals surface area contributed by atoms with Crippen molar-refractivity contribution < 1.29 is 14.6 Å². The molecule has 0 saturated carbocycles. The van der Waals surface area contributed by atoms with E-state index in [1.54, 1.807) is 29.2 Å². The van der Waals surface area contributed by atoms with Crippen LogP contribution in [0.3, 0.4) is 0 Å². The van der Waals surface area contributed by atoms with E-state index < -0.39 is 0 Å². The molecule has 1 saturated heterocycles. The van der Waals surface area contributed by atoms with Gasteiger partial charge in [0.25, 0.3) is 0 Å². The number of hydrogen-bond donors (Lipinski definition) is 1. The van der Waals surface area contributed by atoms with Gasteiger partial charge in [-0.3, -0.25) is 4.90 Å². The van der Waals surface area contributed by atoms with E-state index in [1.807, 2.05) is 13.8 Å². The molecule has 1 amide bonds. The second kappa shape index (κ2) is 3.70. The van der Waals surface area contributed by atoms with Crippen LogP contribution in [-0.2, 0) is 4.74 Å². The fourth-order valence-electron chi connectivity index (χ4n) is 1.90. The highest BCUT2D eigenvalue weighted by Crippen LogP contribution is 2.32. The molecule has 1 aromatic carbocycles. The maximum Gasteiger partial charge on any atom is 0.414 e. The zero-order chi connectivity index (χ0) is 11.8. The molecule has 0 aliphatic carbocycles. The third kappa shape index (κ3) is 1.83. The predicted molar refractivity (Wildman–Crippen MR) is 60.6 cm³/mol. The molecule has 1 heterocycles. The van der Waals surface area contributed by atoms with Gasteiger partial charge in [0.15, 0.2) is 0 Å². The van der Waals surface area contributed by atoms with Crippen LogP contribution in [0.4, 0.5) is 10.5 Å². The molecular weight excluding hydrogens is 206 g/mol. The highest BCUT2D eigenvalue weighted by atomic mass is 16.6. The number of aromatic hydroxyl groups is 1. The third-order valence-corrected chi connectivity index (χ3v) is 2.82. The van der Waals surface area contributed by atoms with Crippen molar-refractivity contribution in [3.8, 4) is 5.75 Å². The summed E-state index contributed by atoms with van der Waals surface area (Å²) in [7, 11) is 0. The molecule has 0 radical (unpaired) electrons. The van der Waals surface area contributed by atoms with Gasteiger partial charge < -0.3 is 9.84 Å². The predicted octanol–water partition coefficient (Wildman–Crippen LogP) is 2.52. The quantitative estimate of drug-likeness (QED) is 0.792. The lowest BCUT2D eigenvalue weighted by Crippen LogP contribution is -2.52. The van der Waals surface area contributed by atoms with Crippen LogP contribution in [0.2, 0.25) is 0 Å². The van der Waals surface area contributed by atoms with Crippen LogP contribution in [0.1, 0.15) is 20.3 Å². The zero-order valence-electron chi connectivity index (χ0n) is 9.43. The minimum absolute atomic E-state index is 0.145. The van der Waals surface area contributed by atoms with Gasteiger partial charge in [0.05, 0.1) is 12.3 Å². The first kappa shape index (κ1) is 10.8. The molecule has 0 spiro atoms. The van der Waals surface area contributed by atoms with E-state index in [-0.39, 0.29) is 17.4 Å². The Morgan fingerprint density at radius 2 is 2.19 bits per heavy atom. The second-order valence-electron chi connectivity index (χ2n) is 4.53. The van der Waals surface area contributed by atoms with Gasteiger partial charge >= 0.3 is 6.09 Å². The number of carbonyl (C=O) groups is 1. The Morgan fingerprint density at radius 1 is 1.44 bits per heavy atom. The summed E-state index contributed by atoms with van der Waals surface area (Å²) in [5.74, 6) is 0.145. The number of phenolic OH excluding ortho intramolecular Hbond substituents is 1. The second-order valence-corrected chi connectivity index (χ2v) is 4.53. The summed E-state index contributed by atoms with van der Waals surface area (Å²) < 4.78 is 5.03. The number of benzene rings is 1. The number of phenols is 1. The zero-order valence-corrected chi connectivity index (χ0v) is 9.43. The maximum absolute atomic E-state index is 11.7. The van der Waals surface area contributed by atoms with Crippen molar-refractivity contribution in [2.75, 3.05) is 11.5 Å². The highest BCUT2D eigenvalue weighted by molar-refractivity contribution is 5.90. The molecule has 0 unspecified atom stereocenters. The van der Waals surface area contributed by atoms with Crippen LogP contribution in [0.25, 0.3) is 0 Å². The molecule has 1 aliphatic heterocycles. The van der Waals surface area contributed by atoms with E-state index in [1.165, 1.54) is 0 Å². The Morgan fingerprint density at radius 3 is 2.81 bits per heavy atom. The van der Waals surface area contributed by atoms with Crippen LogP contribution >= 0.6 is 0 Å². The van der Waals surface area contributed by atoms with Gasteiger partial charge in [0, 0.05) is 18.0 Å². The van der Waals surface area contributed by atoms with Crippen molar-refractivity contribution in [3.05, 3.63) is 24.3 Å². The number of anilines is 1. The molecule has 0 aromatic heterocycles. The van der Waals surface area contributed by atoms with Crippen molar-refractivity contribution in [3.63, 3.8) is 0 Å². The van der Waals surface area contributed by atoms with Crippen molar-refractivity contribution in [2.45, 2.75) is 25.8 Å². The average molecular weight is 221 g/mol. The Hall–Kier alpha value is -1.71. The van der Waals surface area contributed by atoms with E-state index in [4.69, 9.17) is 4.74 Å². The Balaban J connectivity index is 2.40. The van der Waals surface area contributed by atoms with E-state index in [0.29, 0.717) is 12.3 Å². The maximum atomic E-state index is 11.7. The summed E-state index contributed by atoms with van der Waals surface area (Å²) in [5.41, 5.74) is 0.373. The molecule has 4 heteroatoms. The average Bonchev–Trinajstić information content (AvgIpc) is 2.15. The summed E-state index contributed by atoms with van der Waals surface area (Å²) in [5, 5.41) is 9.42. The smallest absolute Gasteiger partial charge is 0.414 e. The van der Waals surface area contributed by atoms with E-state index >= 15 is 0 Å². The summed E-state index contributed by atoms with van der Waals surface area (Å²) in [4.78, 5) is 13.3. The number of ether oxygens (including phenoxy) is 1. The monoisotopic (exact) mass is 221 g/mol. The molecule has 1 aliphatic rings. The van der Waals surface area contributed by atoms with Crippen molar-refractivity contribution in [2.24, 2.45) is 0 Å². The van der Waals surface area contributed by atoms with E-state index in [2.05, 4.69) is 0 Å². The van der Waals surface area contributed by atoms with Gasteiger partial charge in [-0.05, 0) is 26.0 Å². The Kier molecular flexibility index (Phi) is 2.50. The standard InChI is InChI=1S/C12H15NO3/c1-12(2)6-7-16-11(15)13(12)9-4-3-5-10(14)8-9/h3-5,8,14H,6-7H2,1-2H3. The van der Waals surface area contributed by atoms with E-state index in [0.717, 1.165) is 6.42 Å². The minimum atomic E-state index is -0.359. The summed E-state index contributed by atoms with van der Waals surface area (Å²) >= 11 is 0. The van der Waals surface area contributed by atoms with Crippen LogP contribution in [0.5, 0.6) is 5.75 Å². The first-order valence-corrected chi connectivity index (χ1v) is 5.27. The van der Waals surface area contributed by atoms with Crippen LogP contribution in [0, 0.1) is 0 Å². The lowest BCUT2D eigenvalue weighted by molar-refractivity contribution is 0.115. The fraction of sp³-hybridized carbons (Fsp3) is 0.417. The van der Waals surface area contributed by atoms with Crippen molar-refractivity contribution >= 4 is 11.8 Å².